The van der Waals surface area contributed by atoms with Crippen molar-refractivity contribution < 1.29 is 29.0 Å². The Labute approximate surface area is 214 Å². The van der Waals surface area contributed by atoms with Crippen molar-refractivity contribution in [2.24, 2.45) is 45.3 Å². The largest absolute Gasteiger partial charge is 0.388 e. The highest BCUT2D eigenvalue weighted by atomic mass is 16.5. The van der Waals surface area contributed by atoms with Crippen molar-refractivity contribution in [2.45, 2.75) is 105 Å². The summed E-state index contributed by atoms with van der Waals surface area (Å²) >= 11 is 0. The lowest BCUT2D eigenvalue weighted by Crippen LogP contribution is -2.63. The highest BCUT2D eigenvalue weighted by Crippen LogP contribution is 2.74. The summed E-state index contributed by atoms with van der Waals surface area (Å²) in [6.45, 7) is 15.5. The van der Waals surface area contributed by atoms with Gasteiger partial charge in [-0.15, -0.1) is 0 Å². The van der Waals surface area contributed by atoms with Gasteiger partial charge in [-0.05, 0) is 57.3 Å². The van der Waals surface area contributed by atoms with E-state index in [2.05, 4.69) is 19.9 Å². The fourth-order valence-corrected chi connectivity index (χ4v) is 9.48. The molecule has 36 heavy (non-hydrogen) atoms. The van der Waals surface area contributed by atoms with E-state index in [1.54, 1.807) is 13.8 Å². The van der Waals surface area contributed by atoms with Crippen LogP contribution in [0.5, 0.6) is 0 Å². The van der Waals surface area contributed by atoms with Gasteiger partial charge in [-0.25, -0.2) is 0 Å². The molecule has 0 bridgehead atoms. The van der Waals surface area contributed by atoms with Crippen LogP contribution >= 0.6 is 0 Å². The summed E-state index contributed by atoms with van der Waals surface area (Å²) in [7, 11) is 0. The normalized spacial score (nSPS) is 48.4. The van der Waals surface area contributed by atoms with Gasteiger partial charge in [0.25, 0.3) is 0 Å². The Morgan fingerprint density at radius 3 is 2.25 bits per heavy atom. The summed E-state index contributed by atoms with van der Waals surface area (Å²) in [6.07, 6.45) is 3.31. The Balaban J connectivity index is 1.62. The lowest BCUT2D eigenvalue weighted by Gasteiger charge is -2.63. The van der Waals surface area contributed by atoms with Crippen LogP contribution in [0.4, 0.5) is 0 Å². The van der Waals surface area contributed by atoms with Crippen molar-refractivity contribution in [3.8, 4) is 0 Å². The van der Waals surface area contributed by atoms with Crippen LogP contribution in [-0.2, 0) is 23.9 Å². The zero-order valence-electron chi connectivity index (χ0n) is 23.1. The molecule has 0 radical (unpaired) electrons. The molecule has 5 rings (SSSR count). The SMILES string of the molecule is C[C@H]1C(=O)C[C@@H](C(C)(C)O)O[C@H]2C[C@]3(C)[C@@H]4CC=C5[C@H](CC(=O)C(=O)C5(C)C)[C@]4(C)C(=O)C[C@]3(C)[C@@H]21. The summed E-state index contributed by atoms with van der Waals surface area (Å²) in [5.41, 5.74) is -2.59. The zero-order chi connectivity index (χ0) is 26.8. The van der Waals surface area contributed by atoms with Crippen LogP contribution in [-0.4, -0.2) is 46.0 Å². The first-order valence-corrected chi connectivity index (χ1v) is 13.6. The molecule has 6 heteroatoms. The van der Waals surface area contributed by atoms with Gasteiger partial charge < -0.3 is 9.84 Å². The van der Waals surface area contributed by atoms with Gasteiger partial charge in [0.05, 0.1) is 23.2 Å². The fourth-order valence-electron chi connectivity index (χ4n) is 9.48. The Morgan fingerprint density at radius 1 is 1.00 bits per heavy atom. The van der Waals surface area contributed by atoms with Crippen LogP contribution in [0.2, 0.25) is 0 Å². The number of Topliss-reactive ketones (excluding diaryl/α,β-unsaturated/α-hetero) is 4. The van der Waals surface area contributed by atoms with E-state index >= 15 is 0 Å². The van der Waals surface area contributed by atoms with Gasteiger partial charge in [0.15, 0.2) is 5.78 Å². The van der Waals surface area contributed by atoms with E-state index in [1.807, 2.05) is 27.7 Å². The molecule has 198 valence electrons. The van der Waals surface area contributed by atoms with Gasteiger partial charge in [-0.3, -0.25) is 19.2 Å². The van der Waals surface area contributed by atoms with Gasteiger partial charge in [0.2, 0.25) is 5.78 Å². The van der Waals surface area contributed by atoms with Gasteiger partial charge >= 0.3 is 0 Å². The molecular weight excluding hydrogens is 456 g/mol. The minimum absolute atomic E-state index is 0.0276. The van der Waals surface area contributed by atoms with Crippen molar-refractivity contribution >= 4 is 23.1 Å². The van der Waals surface area contributed by atoms with E-state index in [9.17, 15) is 24.3 Å². The van der Waals surface area contributed by atoms with E-state index in [0.717, 1.165) is 5.57 Å². The molecule has 5 aliphatic rings. The van der Waals surface area contributed by atoms with Crippen LogP contribution in [0.25, 0.3) is 0 Å². The van der Waals surface area contributed by atoms with Crippen LogP contribution < -0.4 is 0 Å². The first kappa shape index (κ1) is 26.0. The highest BCUT2D eigenvalue weighted by molar-refractivity contribution is 6.40. The van der Waals surface area contributed by atoms with Crippen LogP contribution in [0.1, 0.15) is 87.5 Å². The summed E-state index contributed by atoms with van der Waals surface area (Å²) in [6, 6.07) is 0. The van der Waals surface area contributed by atoms with E-state index in [4.69, 9.17) is 4.74 Å². The van der Waals surface area contributed by atoms with E-state index < -0.39 is 27.9 Å². The van der Waals surface area contributed by atoms with Crippen molar-refractivity contribution in [2.75, 3.05) is 0 Å². The highest BCUT2D eigenvalue weighted by Gasteiger charge is 2.73. The quantitative estimate of drug-likeness (QED) is 0.428. The van der Waals surface area contributed by atoms with Gasteiger partial charge in [0.1, 0.15) is 11.6 Å². The Hall–Kier alpha value is -1.66. The Bertz CT molecular complexity index is 1090. The number of carbonyl (C=O) groups excluding carboxylic acids is 4. The molecule has 0 aromatic heterocycles. The second kappa shape index (κ2) is 7.47. The van der Waals surface area contributed by atoms with Gasteiger partial charge in [-0.2, -0.15) is 0 Å². The van der Waals surface area contributed by atoms with Crippen LogP contribution in [0, 0.1) is 45.3 Å². The maximum absolute atomic E-state index is 14.3. The third-order valence-corrected chi connectivity index (χ3v) is 11.9. The van der Waals surface area contributed by atoms with E-state index in [-0.39, 0.29) is 71.2 Å². The van der Waals surface area contributed by atoms with E-state index in [1.165, 1.54) is 0 Å². The average Bonchev–Trinajstić information content (AvgIpc) is 2.88. The van der Waals surface area contributed by atoms with Crippen molar-refractivity contribution in [1.29, 1.82) is 0 Å². The molecule has 0 amide bonds. The summed E-state index contributed by atoms with van der Waals surface area (Å²) < 4.78 is 6.59. The number of carbonyl (C=O) groups is 4. The van der Waals surface area contributed by atoms with Gasteiger partial charge in [0, 0.05) is 42.4 Å². The maximum atomic E-state index is 14.3. The predicted molar refractivity (Wildman–Crippen MR) is 134 cm³/mol. The molecule has 0 aromatic carbocycles. The smallest absolute Gasteiger partial charge is 0.207 e. The molecule has 4 aliphatic carbocycles. The molecular formula is C30H42O6. The monoisotopic (exact) mass is 498 g/mol. The Kier molecular flexibility index (Phi) is 5.39. The number of ketones is 4. The molecule has 4 fully saturated rings. The van der Waals surface area contributed by atoms with Crippen LogP contribution in [0.3, 0.4) is 0 Å². The number of allylic oxidation sites excluding steroid dienone is 2. The molecule has 0 spiro atoms. The number of hydrogen-bond donors (Lipinski definition) is 1. The molecule has 1 heterocycles. The first-order valence-electron chi connectivity index (χ1n) is 13.6. The van der Waals surface area contributed by atoms with Gasteiger partial charge in [-0.1, -0.05) is 39.3 Å². The fraction of sp³-hybridized carbons (Fsp3) is 0.800. The third kappa shape index (κ3) is 3.03. The van der Waals surface area contributed by atoms with Crippen molar-refractivity contribution in [1.82, 2.24) is 0 Å². The van der Waals surface area contributed by atoms with E-state index in [0.29, 0.717) is 19.3 Å². The van der Waals surface area contributed by atoms with Crippen molar-refractivity contribution in [3.63, 3.8) is 0 Å². The number of aliphatic hydroxyl groups is 1. The van der Waals surface area contributed by atoms with Crippen molar-refractivity contribution in [3.05, 3.63) is 11.6 Å². The molecule has 9 atom stereocenters. The number of hydrogen-bond acceptors (Lipinski definition) is 6. The summed E-state index contributed by atoms with van der Waals surface area (Å²) in [5.74, 6) is -1.19. The number of ether oxygens (including phenoxy) is 1. The minimum atomic E-state index is -1.15. The topological polar surface area (TPSA) is 97.7 Å². The second-order valence-electron chi connectivity index (χ2n) is 14.3. The molecule has 1 N–H and O–H groups in total. The minimum Gasteiger partial charge on any atom is -0.388 e. The molecule has 1 aliphatic heterocycles. The summed E-state index contributed by atoms with van der Waals surface area (Å²) in [5, 5.41) is 10.8. The lowest BCUT2D eigenvalue weighted by molar-refractivity contribution is -0.172. The predicted octanol–water partition coefficient (Wildman–Crippen LogP) is 4.26. The first-order chi connectivity index (χ1) is 16.4. The molecule has 0 unspecified atom stereocenters. The zero-order valence-corrected chi connectivity index (χ0v) is 23.1. The lowest BCUT2D eigenvalue weighted by atomic mass is 9.38. The number of rotatable bonds is 1. The molecule has 6 nitrogen and oxygen atoms in total. The standard InChI is InChI=1S/C30H42O6/c1-15-18(31)12-23(27(4,5)35)36-20-13-28(6)21-10-9-16-17(11-19(32)25(34)26(16,2)3)30(21,8)22(33)14-29(28,7)24(15)20/h9,15,17,20-21,23-24,35H,10-14H2,1-8H3/t15-,17-,20-,21-,23-,24+,28+,29+,30-/m0/s1. The molecule has 0 aromatic rings. The summed E-state index contributed by atoms with van der Waals surface area (Å²) in [4.78, 5) is 53.2. The molecule has 3 saturated carbocycles. The average molecular weight is 499 g/mol. The second-order valence-corrected chi connectivity index (χ2v) is 14.3. The third-order valence-electron chi connectivity index (χ3n) is 11.9. The maximum Gasteiger partial charge on any atom is 0.207 e. The number of fused-ring (bicyclic) bond motifs is 7. The van der Waals surface area contributed by atoms with Crippen LogP contribution in [0.15, 0.2) is 11.6 Å². The molecule has 1 saturated heterocycles. The Morgan fingerprint density at radius 2 is 1.64 bits per heavy atom.